The van der Waals surface area contributed by atoms with E-state index < -0.39 is 35.6 Å². The Morgan fingerprint density at radius 3 is 2.55 bits per heavy atom. The summed E-state index contributed by atoms with van der Waals surface area (Å²) in [6.07, 6.45) is 6.74. The molecule has 11 nitrogen and oxygen atoms in total. The second-order valence-electron chi connectivity index (χ2n) is 11.4. The molecule has 0 saturated carbocycles. The van der Waals surface area contributed by atoms with Gasteiger partial charge in [-0.2, -0.15) is 0 Å². The van der Waals surface area contributed by atoms with Crippen LogP contribution in [-0.2, 0) is 32.3 Å². The predicted molar refractivity (Wildman–Crippen MR) is 151 cm³/mol. The lowest BCUT2D eigenvalue weighted by Gasteiger charge is -2.37. The third-order valence-electron chi connectivity index (χ3n) is 8.94. The molecule has 0 bridgehead atoms. The van der Waals surface area contributed by atoms with Gasteiger partial charge in [0.15, 0.2) is 0 Å². The van der Waals surface area contributed by atoms with E-state index in [0.717, 1.165) is 11.1 Å². The minimum absolute atomic E-state index is 0.118. The Hall–Kier alpha value is -4.35. The van der Waals surface area contributed by atoms with Gasteiger partial charge in [0.2, 0.25) is 11.8 Å². The molecule has 7 rings (SSSR count). The molecule has 0 radical (unpaired) electrons. The number of aliphatic hydroxyl groups excluding tert-OH is 1. The maximum atomic E-state index is 14.4. The summed E-state index contributed by atoms with van der Waals surface area (Å²) in [6.45, 7) is 2.54. The molecule has 42 heavy (non-hydrogen) atoms. The Kier molecular flexibility index (Phi) is 6.43. The summed E-state index contributed by atoms with van der Waals surface area (Å²) in [5, 5.41) is 18.6. The van der Waals surface area contributed by atoms with E-state index in [0.29, 0.717) is 18.6 Å². The third-order valence-corrected chi connectivity index (χ3v) is 8.94. The number of ether oxygens (including phenoxy) is 1. The molecule has 0 aliphatic carbocycles. The molecule has 1 N–H and O–H groups in total. The third kappa shape index (κ3) is 3.98. The van der Waals surface area contributed by atoms with Crippen molar-refractivity contribution in [2.45, 2.75) is 43.9 Å². The molecule has 1 spiro atoms. The standard InChI is InChI=1S/C31H32N6O5/c1-20(18-38)37-27-30(41)35(19-36-23-12-6-5-11-22(23)32-33-36)16-8-14-31(27)26(29(37)40)25-24(42-31)13-7-15-34(28(25)39)17-21-9-3-2-4-10-21/h2-14,20,24-27,38H,15-19H2,1H3/t20-,24+,25-,26+,27?,31+/m1/s1. The highest BCUT2D eigenvalue weighted by molar-refractivity contribution is 6.00. The molecule has 6 atom stereocenters. The van der Waals surface area contributed by atoms with Crippen molar-refractivity contribution in [1.29, 1.82) is 0 Å². The maximum Gasteiger partial charge on any atom is 0.250 e. The summed E-state index contributed by atoms with van der Waals surface area (Å²) in [5.74, 6) is -2.59. The van der Waals surface area contributed by atoms with Gasteiger partial charge in [0.25, 0.3) is 5.91 Å². The molecule has 2 aromatic carbocycles. The number of hydrogen-bond acceptors (Lipinski definition) is 7. The van der Waals surface area contributed by atoms with Crippen LogP contribution in [0.2, 0.25) is 0 Å². The van der Waals surface area contributed by atoms with E-state index in [2.05, 4.69) is 10.3 Å². The van der Waals surface area contributed by atoms with E-state index in [4.69, 9.17) is 4.74 Å². The van der Waals surface area contributed by atoms with Crippen LogP contribution in [0.25, 0.3) is 11.0 Å². The van der Waals surface area contributed by atoms with Gasteiger partial charge in [0.05, 0.1) is 36.1 Å². The molecule has 2 saturated heterocycles. The van der Waals surface area contributed by atoms with Crippen molar-refractivity contribution in [1.82, 2.24) is 29.7 Å². The predicted octanol–water partition coefficient (Wildman–Crippen LogP) is 1.35. The summed E-state index contributed by atoms with van der Waals surface area (Å²) in [7, 11) is 0. The number of hydrogen-bond donors (Lipinski definition) is 1. The van der Waals surface area contributed by atoms with E-state index in [-0.39, 0.29) is 37.5 Å². The topological polar surface area (TPSA) is 121 Å². The molecular formula is C31H32N6O5. The number of likely N-dealkylation sites (tertiary alicyclic amines) is 1. The number of para-hydroxylation sites is 1. The van der Waals surface area contributed by atoms with Crippen LogP contribution in [0, 0.1) is 11.8 Å². The van der Waals surface area contributed by atoms with Crippen LogP contribution < -0.4 is 0 Å². The number of fused-ring (bicyclic) bond motifs is 3. The summed E-state index contributed by atoms with van der Waals surface area (Å²) < 4.78 is 8.33. The molecule has 4 aliphatic heterocycles. The van der Waals surface area contributed by atoms with Crippen LogP contribution >= 0.6 is 0 Å². The van der Waals surface area contributed by atoms with Crippen molar-refractivity contribution in [3.63, 3.8) is 0 Å². The summed E-state index contributed by atoms with van der Waals surface area (Å²) in [5.41, 5.74) is 1.12. The fourth-order valence-electron chi connectivity index (χ4n) is 6.99. The first kappa shape index (κ1) is 26.5. The monoisotopic (exact) mass is 568 g/mol. The van der Waals surface area contributed by atoms with Gasteiger partial charge in [-0.25, -0.2) is 4.68 Å². The smallest absolute Gasteiger partial charge is 0.250 e. The Bertz CT molecular complexity index is 1600. The van der Waals surface area contributed by atoms with Gasteiger partial charge in [-0.15, -0.1) is 5.10 Å². The molecular weight excluding hydrogens is 536 g/mol. The van der Waals surface area contributed by atoms with Gasteiger partial charge < -0.3 is 24.5 Å². The fraction of sp³-hybridized carbons (Fsp3) is 0.387. The first-order valence-corrected chi connectivity index (χ1v) is 14.3. The lowest BCUT2D eigenvalue weighted by Crippen LogP contribution is -2.57. The van der Waals surface area contributed by atoms with Crippen molar-refractivity contribution < 1.29 is 24.2 Å². The number of amides is 3. The Morgan fingerprint density at radius 2 is 1.74 bits per heavy atom. The molecule has 5 heterocycles. The van der Waals surface area contributed by atoms with Crippen LogP contribution in [-0.4, -0.2) is 96.0 Å². The molecule has 4 aliphatic rings. The first-order chi connectivity index (χ1) is 20.4. The molecule has 216 valence electrons. The van der Waals surface area contributed by atoms with E-state index >= 15 is 0 Å². The first-order valence-electron chi connectivity index (χ1n) is 14.3. The highest BCUT2D eigenvalue weighted by Crippen LogP contribution is 2.54. The lowest BCUT2D eigenvalue weighted by atomic mass is 9.77. The highest BCUT2D eigenvalue weighted by atomic mass is 16.5. The van der Waals surface area contributed by atoms with Gasteiger partial charge in [0.1, 0.15) is 23.8 Å². The number of nitrogens with zero attached hydrogens (tertiary/aromatic N) is 6. The van der Waals surface area contributed by atoms with Gasteiger partial charge in [-0.05, 0) is 24.6 Å². The van der Waals surface area contributed by atoms with Crippen molar-refractivity contribution in [3.8, 4) is 0 Å². The Morgan fingerprint density at radius 1 is 0.976 bits per heavy atom. The zero-order valence-electron chi connectivity index (χ0n) is 23.2. The number of carbonyl (C=O) groups excluding carboxylic acids is 3. The maximum absolute atomic E-state index is 14.4. The lowest BCUT2D eigenvalue weighted by molar-refractivity contribution is -0.152. The number of carbonyl (C=O) groups is 3. The zero-order chi connectivity index (χ0) is 29.0. The number of benzene rings is 2. The Labute approximate surface area is 242 Å². The number of aliphatic hydroxyl groups is 1. The van der Waals surface area contributed by atoms with Crippen molar-refractivity contribution in [2.24, 2.45) is 11.8 Å². The van der Waals surface area contributed by atoms with Crippen molar-refractivity contribution in [3.05, 3.63) is 84.5 Å². The molecule has 1 unspecified atom stereocenters. The zero-order valence-corrected chi connectivity index (χ0v) is 23.2. The summed E-state index contributed by atoms with van der Waals surface area (Å²) in [6, 6.07) is 15.5. The van der Waals surface area contributed by atoms with E-state index in [1.807, 2.05) is 72.8 Å². The van der Waals surface area contributed by atoms with Crippen LogP contribution in [0.5, 0.6) is 0 Å². The average Bonchev–Trinajstić information content (AvgIpc) is 3.57. The normalized spacial score (nSPS) is 29.5. The van der Waals surface area contributed by atoms with E-state index in [1.54, 1.807) is 27.5 Å². The summed E-state index contributed by atoms with van der Waals surface area (Å²) in [4.78, 5) is 47.7. The average molecular weight is 569 g/mol. The van der Waals surface area contributed by atoms with Crippen LogP contribution in [0.3, 0.4) is 0 Å². The summed E-state index contributed by atoms with van der Waals surface area (Å²) >= 11 is 0. The SMILES string of the molecule is C[C@H](CO)N1C(=O)[C@@H]2[C@@H]3C(=O)N(Cc4ccccc4)CC=C[C@@H]3O[C@@]23C=CCN(Cn2nnc4ccccc42)C(=O)C13. The molecule has 11 heteroatoms. The second-order valence-corrected chi connectivity index (χ2v) is 11.4. The Balaban J connectivity index is 1.26. The minimum atomic E-state index is -1.36. The number of rotatable bonds is 6. The largest absolute Gasteiger partial charge is 0.394 e. The number of aromatic nitrogens is 3. The van der Waals surface area contributed by atoms with Crippen molar-refractivity contribution >= 4 is 28.8 Å². The van der Waals surface area contributed by atoms with Crippen LogP contribution in [0.1, 0.15) is 12.5 Å². The van der Waals surface area contributed by atoms with E-state index in [1.165, 1.54) is 4.90 Å². The van der Waals surface area contributed by atoms with Crippen molar-refractivity contribution in [2.75, 3.05) is 19.7 Å². The van der Waals surface area contributed by atoms with E-state index in [9.17, 15) is 19.5 Å². The second kappa shape index (κ2) is 10.2. The highest BCUT2D eigenvalue weighted by Gasteiger charge is 2.72. The van der Waals surface area contributed by atoms with Crippen LogP contribution in [0.4, 0.5) is 0 Å². The van der Waals surface area contributed by atoms with Gasteiger partial charge in [-0.3, -0.25) is 14.4 Å². The van der Waals surface area contributed by atoms with Crippen LogP contribution in [0.15, 0.2) is 78.9 Å². The van der Waals surface area contributed by atoms with Gasteiger partial charge in [-0.1, -0.05) is 72.0 Å². The molecule has 2 fully saturated rings. The quantitative estimate of drug-likeness (QED) is 0.446. The fourth-order valence-corrected chi connectivity index (χ4v) is 6.99. The molecule has 3 aromatic rings. The minimum Gasteiger partial charge on any atom is -0.394 e. The molecule has 3 amide bonds. The van der Waals surface area contributed by atoms with Gasteiger partial charge in [0, 0.05) is 19.6 Å². The molecule has 1 aromatic heterocycles. The van der Waals surface area contributed by atoms with Gasteiger partial charge >= 0.3 is 0 Å².